The highest BCUT2D eigenvalue weighted by atomic mass is 28.4. The number of hydrogen-bond acceptors (Lipinski definition) is 5. The van der Waals surface area contributed by atoms with Gasteiger partial charge in [-0.3, -0.25) is 0 Å². The van der Waals surface area contributed by atoms with Crippen LogP contribution in [0.1, 0.15) is 40.5 Å². The molecular formula is C17H36B2O5Si. The zero-order valence-electron chi connectivity index (χ0n) is 17.2. The molecule has 2 aliphatic heterocycles. The topological polar surface area (TPSA) is 57.2 Å². The van der Waals surface area contributed by atoms with Crippen LogP contribution in [-0.2, 0) is 18.6 Å². The van der Waals surface area contributed by atoms with Gasteiger partial charge in [-0.05, 0) is 31.0 Å². The molecule has 0 radical (unpaired) electrons. The molecular weight excluding hydrogens is 334 g/mol. The summed E-state index contributed by atoms with van der Waals surface area (Å²) in [5.74, 6) is 0. The minimum Gasteiger partial charge on any atom is -0.411 e. The average Bonchev–Trinajstić information content (AvgIpc) is 2.95. The van der Waals surface area contributed by atoms with Gasteiger partial charge in [-0.1, -0.05) is 27.7 Å². The third kappa shape index (κ3) is 4.90. The maximum absolute atomic E-state index is 10.4. The lowest BCUT2D eigenvalue weighted by molar-refractivity contribution is -0.0797. The number of rotatable bonds is 6. The number of aliphatic hydroxyl groups is 1. The quantitative estimate of drug-likeness (QED) is 0.696. The van der Waals surface area contributed by atoms with Gasteiger partial charge in [-0.2, -0.15) is 0 Å². The summed E-state index contributed by atoms with van der Waals surface area (Å²) < 4.78 is 24.5. The number of hydrogen-bond donors (Lipinski definition) is 1. The van der Waals surface area contributed by atoms with E-state index in [0.29, 0.717) is 6.61 Å². The highest BCUT2D eigenvalue weighted by Crippen LogP contribution is 2.39. The molecule has 25 heavy (non-hydrogen) atoms. The Kier molecular flexibility index (Phi) is 6.89. The fourth-order valence-electron chi connectivity index (χ4n) is 3.45. The Morgan fingerprint density at radius 2 is 1.80 bits per heavy atom. The largest absolute Gasteiger partial charge is 0.411 e. The van der Waals surface area contributed by atoms with Crippen molar-refractivity contribution in [1.82, 2.24) is 0 Å². The predicted molar refractivity (Wildman–Crippen MR) is 107 cm³/mol. The van der Waals surface area contributed by atoms with E-state index in [9.17, 15) is 5.11 Å². The molecule has 1 N–H and O–H groups in total. The molecule has 2 fully saturated rings. The molecule has 2 saturated heterocycles. The highest BCUT2D eigenvalue weighted by molar-refractivity contribution is 6.74. The van der Waals surface area contributed by atoms with Crippen LogP contribution in [0, 0.1) is 0 Å². The summed E-state index contributed by atoms with van der Waals surface area (Å²) >= 11 is 0. The second-order valence-electron chi connectivity index (χ2n) is 9.21. The number of aliphatic hydroxyl groups excluding tert-OH is 1. The van der Waals surface area contributed by atoms with E-state index in [2.05, 4.69) is 41.7 Å². The standard InChI is InChI=1S/C17H36B2O5Si/c1-7-10-14(20)15(16(19)23-10)21-9-12-11(8-13(18)22-12)24-25(5,6)17(2,3)4/h10-16,20H,7-9,18-19H2,1-6H3/t10-,11?,12-,13-,14?,15+,16-/m1/s1. The molecule has 0 bridgehead atoms. The van der Waals surface area contributed by atoms with Crippen molar-refractivity contribution < 1.29 is 23.7 Å². The van der Waals surface area contributed by atoms with Crippen molar-refractivity contribution in [3.05, 3.63) is 0 Å². The van der Waals surface area contributed by atoms with E-state index < -0.39 is 14.4 Å². The molecule has 0 aromatic rings. The molecule has 5 nitrogen and oxygen atoms in total. The van der Waals surface area contributed by atoms with Crippen LogP contribution < -0.4 is 0 Å². The molecule has 0 saturated carbocycles. The van der Waals surface area contributed by atoms with Crippen LogP contribution in [-0.4, -0.2) is 78.2 Å². The fraction of sp³-hybridized carbons (Fsp3) is 1.00. The molecule has 0 aromatic carbocycles. The van der Waals surface area contributed by atoms with Crippen molar-refractivity contribution >= 4 is 24.0 Å². The Morgan fingerprint density at radius 1 is 1.16 bits per heavy atom. The van der Waals surface area contributed by atoms with Crippen LogP contribution >= 0.6 is 0 Å². The first-order chi connectivity index (χ1) is 11.5. The van der Waals surface area contributed by atoms with Crippen molar-refractivity contribution in [1.29, 1.82) is 0 Å². The van der Waals surface area contributed by atoms with Crippen LogP contribution in [0.25, 0.3) is 0 Å². The van der Waals surface area contributed by atoms with Gasteiger partial charge in [-0.25, -0.2) is 0 Å². The van der Waals surface area contributed by atoms with Gasteiger partial charge in [0.2, 0.25) is 0 Å². The van der Waals surface area contributed by atoms with Gasteiger partial charge in [0.05, 0.1) is 24.8 Å². The molecule has 2 heterocycles. The van der Waals surface area contributed by atoms with Crippen LogP contribution in [0.2, 0.25) is 18.1 Å². The Balaban J connectivity index is 1.96. The van der Waals surface area contributed by atoms with E-state index in [-0.39, 0.29) is 41.5 Å². The molecule has 0 amide bonds. The van der Waals surface area contributed by atoms with Crippen molar-refractivity contribution in [2.75, 3.05) is 6.61 Å². The summed E-state index contributed by atoms with van der Waals surface area (Å²) in [7, 11) is 2.20. The van der Waals surface area contributed by atoms with Gasteiger partial charge in [-0.15, -0.1) is 0 Å². The monoisotopic (exact) mass is 370 g/mol. The first-order valence-electron chi connectivity index (χ1n) is 9.74. The fourth-order valence-corrected chi connectivity index (χ4v) is 4.81. The summed E-state index contributed by atoms with van der Waals surface area (Å²) in [5.41, 5.74) is 0. The van der Waals surface area contributed by atoms with E-state index in [0.717, 1.165) is 12.8 Å². The summed E-state index contributed by atoms with van der Waals surface area (Å²) in [6.45, 7) is 13.8. The molecule has 2 aliphatic rings. The third-order valence-electron chi connectivity index (χ3n) is 6.06. The van der Waals surface area contributed by atoms with E-state index >= 15 is 0 Å². The Labute approximate surface area is 156 Å². The molecule has 2 rings (SSSR count). The summed E-state index contributed by atoms with van der Waals surface area (Å²) in [4.78, 5) is 0. The molecule has 0 aromatic heterocycles. The van der Waals surface area contributed by atoms with E-state index in [4.69, 9.17) is 18.6 Å². The van der Waals surface area contributed by atoms with Crippen LogP contribution in [0.5, 0.6) is 0 Å². The van der Waals surface area contributed by atoms with E-state index in [1.165, 1.54) is 0 Å². The number of ether oxygens (including phenoxy) is 3. The average molecular weight is 370 g/mol. The van der Waals surface area contributed by atoms with Crippen molar-refractivity contribution in [2.45, 2.75) is 101 Å². The summed E-state index contributed by atoms with van der Waals surface area (Å²) in [6, 6.07) is 0.0764. The molecule has 0 spiro atoms. The zero-order valence-corrected chi connectivity index (χ0v) is 18.2. The lowest BCUT2D eigenvalue weighted by Gasteiger charge is -2.39. The molecule has 144 valence electrons. The first-order valence-corrected chi connectivity index (χ1v) is 12.7. The van der Waals surface area contributed by atoms with Crippen molar-refractivity contribution in [3.63, 3.8) is 0 Å². The molecule has 2 unspecified atom stereocenters. The second-order valence-corrected chi connectivity index (χ2v) is 14.0. The second kappa shape index (κ2) is 8.03. The predicted octanol–water partition coefficient (Wildman–Crippen LogP) is 0.639. The van der Waals surface area contributed by atoms with Gasteiger partial charge >= 0.3 is 0 Å². The smallest absolute Gasteiger partial charge is 0.192 e. The van der Waals surface area contributed by atoms with Crippen LogP contribution in [0.3, 0.4) is 0 Å². The minimum absolute atomic E-state index is 0.0626. The normalized spacial score (nSPS) is 39.9. The zero-order chi connectivity index (χ0) is 19.0. The Hall–Kier alpha value is 0.147. The lowest BCUT2D eigenvalue weighted by atomic mass is 9.92. The summed E-state index contributed by atoms with van der Waals surface area (Å²) in [6.07, 6.45) is 0.674. The SMILES string of the molecule is B[C@@H]1O[C@H](CC)C(O)[C@@H]1OC[C@H]1O[C@@H](B)CC1O[Si](C)(C)C(C)(C)C. The molecule has 7 atom stereocenters. The molecule has 0 aliphatic carbocycles. The van der Waals surface area contributed by atoms with Gasteiger partial charge in [0, 0.05) is 6.00 Å². The summed E-state index contributed by atoms with van der Waals surface area (Å²) in [5, 5.41) is 10.6. The molecule has 8 heteroatoms. The van der Waals surface area contributed by atoms with Crippen molar-refractivity contribution in [3.8, 4) is 0 Å². The Bertz CT molecular complexity index is 445. The minimum atomic E-state index is -1.86. The van der Waals surface area contributed by atoms with Gasteiger partial charge < -0.3 is 23.7 Å². The lowest BCUT2D eigenvalue weighted by Crippen LogP contribution is -2.47. The van der Waals surface area contributed by atoms with Gasteiger partial charge in [0.1, 0.15) is 34.0 Å². The van der Waals surface area contributed by atoms with Gasteiger partial charge in [0.15, 0.2) is 8.32 Å². The van der Waals surface area contributed by atoms with Crippen LogP contribution in [0.4, 0.5) is 0 Å². The van der Waals surface area contributed by atoms with E-state index in [1.807, 2.05) is 14.8 Å². The Morgan fingerprint density at radius 3 is 2.32 bits per heavy atom. The maximum Gasteiger partial charge on any atom is 0.192 e. The van der Waals surface area contributed by atoms with Crippen molar-refractivity contribution in [2.24, 2.45) is 0 Å². The van der Waals surface area contributed by atoms with E-state index in [1.54, 1.807) is 0 Å². The van der Waals surface area contributed by atoms with Gasteiger partial charge in [0.25, 0.3) is 0 Å². The maximum atomic E-state index is 10.4. The third-order valence-corrected chi connectivity index (χ3v) is 10.6. The van der Waals surface area contributed by atoms with Crippen LogP contribution in [0.15, 0.2) is 0 Å². The highest BCUT2D eigenvalue weighted by Gasteiger charge is 2.45. The first kappa shape index (κ1) is 21.4.